The molecule has 0 amide bonds. The average molecular weight is 271 g/mol. The zero-order valence-electron chi connectivity index (χ0n) is 11.8. The summed E-state index contributed by atoms with van der Waals surface area (Å²) in [5, 5.41) is 13.9. The van der Waals surface area contributed by atoms with E-state index in [0.717, 1.165) is 31.7 Å². The lowest BCUT2D eigenvalue weighted by Crippen LogP contribution is -2.23. The number of aliphatic hydroxyl groups excluding tert-OH is 1. The van der Waals surface area contributed by atoms with E-state index in [1.165, 1.54) is 5.56 Å². The van der Waals surface area contributed by atoms with Crippen molar-refractivity contribution in [1.82, 2.24) is 14.7 Å². The molecule has 2 heterocycles. The van der Waals surface area contributed by atoms with E-state index in [2.05, 4.69) is 34.3 Å². The van der Waals surface area contributed by atoms with Gasteiger partial charge in [-0.3, -0.25) is 4.90 Å². The Labute approximate surface area is 119 Å². The van der Waals surface area contributed by atoms with Crippen LogP contribution in [0.15, 0.2) is 42.7 Å². The van der Waals surface area contributed by atoms with Gasteiger partial charge in [0.1, 0.15) is 0 Å². The van der Waals surface area contributed by atoms with E-state index < -0.39 is 0 Å². The average Bonchev–Trinajstić information content (AvgIpc) is 3.10. The predicted octanol–water partition coefficient (Wildman–Crippen LogP) is 2.08. The van der Waals surface area contributed by atoms with Crippen LogP contribution in [0.5, 0.6) is 0 Å². The number of rotatable bonds is 4. The van der Waals surface area contributed by atoms with Gasteiger partial charge in [0, 0.05) is 25.5 Å². The van der Waals surface area contributed by atoms with Crippen LogP contribution in [0, 0.1) is 5.92 Å². The van der Waals surface area contributed by atoms with Crippen LogP contribution >= 0.6 is 0 Å². The van der Waals surface area contributed by atoms with Gasteiger partial charge >= 0.3 is 0 Å². The summed E-state index contributed by atoms with van der Waals surface area (Å²) in [6.07, 6.45) is 4.64. The first-order chi connectivity index (χ1) is 9.72. The Morgan fingerprint density at radius 1 is 1.35 bits per heavy atom. The van der Waals surface area contributed by atoms with Crippen molar-refractivity contribution < 1.29 is 5.11 Å². The van der Waals surface area contributed by atoms with Crippen molar-refractivity contribution in [2.45, 2.75) is 26.0 Å². The fraction of sp³-hybridized carbons (Fsp3) is 0.438. The van der Waals surface area contributed by atoms with Crippen LogP contribution in [0.25, 0.3) is 5.69 Å². The summed E-state index contributed by atoms with van der Waals surface area (Å²) in [7, 11) is 0. The van der Waals surface area contributed by atoms with Crippen LogP contribution in [0.1, 0.15) is 18.9 Å². The molecule has 2 aromatic rings. The molecule has 2 unspecified atom stereocenters. The van der Waals surface area contributed by atoms with Crippen LogP contribution in [0.3, 0.4) is 0 Å². The zero-order chi connectivity index (χ0) is 13.9. The Balaban J connectivity index is 1.62. The molecule has 1 aliphatic rings. The maximum absolute atomic E-state index is 9.64. The fourth-order valence-corrected chi connectivity index (χ4v) is 2.83. The van der Waals surface area contributed by atoms with E-state index in [1.807, 2.05) is 23.9 Å². The predicted molar refractivity (Wildman–Crippen MR) is 78.6 cm³/mol. The van der Waals surface area contributed by atoms with Crippen LogP contribution in [-0.4, -0.2) is 39.0 Å². The van der Waals surface area contributed by atoms with Crippen molar-refractivity contribution in [3.63, 3.8) is 0 Å². The minimum absolute atomic E-state index is 0.192. The minimum Gasteiger partial charge on any atom is -0.393 e. The molecule has 4 nitrogen and oxygen atoms in total. The normalized spacial score (nSPS) is 21.2. The number of aliphatic hydroxyl groups is 1. The van der Waals surface area contributed by atoms with Gasteiger partial charge in [0.05, 0.1) is 11.8 Å². The van der Waals surface area contributed by atoms with Crippen LogP contribution in [-0.2, 0) is 6.54 Å². The van der Waals surface area contributed by atoms with E-state index in [9.17, 15) is 5.11 Å². The molecule has 0 radical (unpaired) electrons. The van der Waals surface area contributed by atoms with Gasteiger partial charge < -0.3 is 5.11 Å². The monoisotopic (exact) mass is 271 g/mol. The first-order valence-electron chi connectivity index (χ1n) is 7.22. The van der Waals surface area contributed by atoms with Crippen LogP contribution in [0.4, 0.5) is 0 Å². The minimum atomic E-state index is -0.192. The Hall–Kier alpha value is -1.65. The molecule has 106 valence electrons. The lowest BCUT2D eigenvalue weighted by atomic mass is 10.0. The summed E-state index contributed by atoms with van der Waals surface area (Å²) in [5.41, 5.74) is 2.40. The molecule has 0 spiro atoms. The molecule has 4 heteroatoms. The van der Waals surface area contributed by atoms with Gasteiger partial charge in [-0.2, -0.15) is 5.10 Å². The molecule has 0 aliphatic carbocycles. The second-order valence-electron chi connectivity index (χ2n) is 5.64. The Bertz CT molecular complexity index is 533. The van der Waals surface area contributed by atoms with Gasteiger partial charge in [-0.25, -0.2) is 4.68 Å². The molecule has 1 aliphatic heterocycles. The first kappa shape index (κ1) is 13.3. The number of benzene rings is 1. The van der Waals surface area contributed by atoms with Gasteiger partial charge in [-0.15, -0.1) is 0 Å². The summed E-state index contributed by atoms with van der Waals surface area (Å²) < 4.78 is 1.86. The number of likely N-dealkylation sites (tertiary alicyclic amines) is 1. The molecule has 0 saturated carbocycles. The summed E-state index contributed by atoms with van der Waals surface area (Å²) >= 11 is 0. The second-order valence-corrected chi connectivity index (χ2v) is 5.64. The Kier molecular flexibility index (Phi) is 3.85. The molecule has 1 aromatic heterocycles. The highest BCUT2D eigenvalue weighted by atomic mass is 16.3. The molecule has 1 fully saturated rings. The third-order valence-corrected chi connectivity index (χ3v) is 4.10. The zero-order valence-corrected chi connectivity index (χ0v) is 11.8. The third kappa shape index (κ3) is 2.92. The van der Waals surface area contributed by atoms with Crippen molar-refractivity contribution in [3.8, 4) is 5.69 Å². The lowest BCUT2D eigenvalue weighted by Gasteiger charge is -2.17. The molecule has 2 atom stereocenters. The number of hydrogen-bond donors (Lipinski definition) is 1. The maximum atomic E-state index is 9.64. The maximum Gasteiger partial charge on any atom is 0.0645 e. The van der Waals surface area contributed by atoms with Gasteiger partial charge in [-0.1, -0.05) is 12.1 Å². The molecule has 20 heavy (non-hydrogen) atoms. The summed E-state index contributed by atoms with van der Waals surface area (Å²) in [6.45, 7) is 4.94. The topological polar surface area (TPSA) is 41.3 Å². The second kappa shape index (κ2) is 5.77. The van der Waals surface area contributed by atoms with Crippen molar-refractivity contribution in [2.75, 3.05) is 13.1 Å². The van der Waals surface area contributed by atoms with Crippen LogP contribution < -0.4 is 0 Å². The van der Waals surface area contributed by atoms with E-state index in [4.69, 9.17) is 0 Å². The van der Waals surface area contributed by atoms with Gasteiger partial charge in [0.2, 0.25) is 0 Å². The SMILES string of the molecule is CC(O)C1CCN(Cc2ccc(-n3cccn3)cc2)C1. The van der Waals surface area contributed by atoms with Crippen molar-refractivity contribution in [1.29, 1.82) is 0 Å². The quantitative estimate of drug-likeness (QED) is 0.925. The Morgan fingerprint density at radius 2 is 2.15 bits per heavy atom. The molecule has 3 rings (SSSR count). The lowest BCUT2D eigenvalue weighted by molar-refractivity contribution is 0.127. The largest absolute Gasteiger partial charge is 0.393 e. The fourth-order valence-electron chi connectivity index (χ4n) is 2.83. The summed E-state index contributed by atoms with van der Waals surface area (Å²) in [5.74, 6) is 0.429. The van der Waals surface area contributed by atoms with Gasteiger partial charge in [0.25, 0.3) is 0 Å². The first-order valence-corrected chi connectivity index (χ1v) is 7.22. The van der Waals surface area contributed by atoms with Gasteiger partial charge in [-0.05, 0) is 49.6 Å². The molecule has 1 aromatic carbocycles. The van der Waals surface area contributed by atoms with Crippen LogP contribution in [0.2, 0.25) is 0 Å². The van der Waals surface area contributed by atoms with Gasteiger partial charge in [0.15, 0.2) is 0 Å². The molecule has 1 saturated heterocycles. The Morgan fingerprint density at radius 3 is 2.75 bits per heavy atom. The van der Waals surface area contributed by atoms with Crippen molar-refractivity contribution in [3.05, 3.63) is 48.3 Å². The van der Waals surface area contributed by atoms with Crippen molar-refractivity contribution >= 4 is 0 Å². The molecular formula is C16H21N3O. The molecule has 1 N–H and O–H groups in total. The number of aromatic nitrogens is 2. The summed E-state index contributed by atoms with van der Waals surface area (Å²) in [6, 6.07) is 10.4. The molecular weight excluding hydrogens is 250 g/mol. The molecule has 0 bridgehead atoms. The highest BCUT2D eigenvalue weighted by molar-refractivity contribution is 5.33. The van der Waals surface area contributed by atoms with Crippen molar-refractivity contribution in [2.24, 2.45) is 5.92 Å². The number of hydrogen-bond acceptors (Lipinski definition) is 3. The van der Waals surface area contributed by atoms with E-state index in [1.54, 1.807) is 6.20 Å². The summed E-state index contributed by atoms with van der Waals surface area (Å²) in [4.78, 5) is 2.42. The number of nitrogens with zero attached hydrogens (tertiary/aromatic N) is 3. The standard InChI is InChI=1S/C16H21N3O/c1-13(20)15-7-10-18(12-15)11-14-3-5-16(6-4-14)19-9-2-8-17-19/h2-6,8-9,13,15,20H,7,10-12H2,1H3. The highest BCUT2D eigenvalue weighted by Gasteiger charge is 2.25. The van der Waals surface area contributed by atoms with E-state index >= 15 is 0 Å². The smallest absolute Gasteiger partial charge is 0.0645 e. The highest BCUT2D eigenvalue weighted by Crippen LogP contribution is 2.21. The third-order valence-electron chi connectivity index (χ3n) is 4.10. The van der Waals surface area contributed by atoms with E-state index in [-0.39, 0.29) is 6.10 Å². The van der Waals surface area contributed by atoms with E-state index in [0.29, 0.717) is 5.92 Å².